The molecule has 3 nitrogen and oxygen atoms in total. The number of carbonyl (C=O) groups is 1. The molecular formula is C11H18BrNO2. The fourth-order valence-corrected chi connectivity index (χ4v) is 2.40. The van der Waals surface area contributed by atoms with Gasteiger partial charge in [-0.05, 0) is 23.2 Å². The molecule has 0 spiro atoms. The summed E-state index contributed by atoms with van der Waals surface area (Å²) in [7, 11) is 0. The normalized spacial score (nSPS) is 25.7. The molecule has 0 radical (unpaired) electrons. The lowest BCUT2D eigenvalue weighted by atomic mass is 9.79. The van der Waals surface area contributed by atoms with Crippen molar-refractivity contribution in [1.29, 1.82) is 0 Å². The molecule has 1 aliphatic rings. The lowest BCUT2D eigenvalue weighted by Gasteiger charge is -2.42. The zero-order chi connectivity index (χ0) is 11.6. The van der Waals surface area contributed by atoms with Crippen LogP contribution < -0.4 is 0 Å². The fourth-order valence-electron chi connectivity index (χ4n) is 1.98. The Kier molecular flexibility index (Phi) is 3.82. The first-order valence-corrected chi connectivity index (χ1v) is 6.05. The minimum absolute atomic E-state index is 0.0138. The maximum atomic E-state index is 11.1. The monoisotopic (exact) mass is 275 g/mol. The first kappa shape index (κ1) is 12.6. The van der Waals surface area contributed by atoms with Gasteiger partial charge in [0.2, 0.25) is 0 Å². The number of likely N-dealkylation sites (tertiary alicyclic amines) is 1. The number of hydrogen-bond donors (Lipinski definition) is 1. The van der Waals surface area contributed by atoms with Crippen molar-refractivity contribution in [2.45, 2.75) is 39.7 Å². The summed E-state index contributed by atoms with van der Waals surface area (Å²) in [5.41, 5.74) is 1.28. The molecule has 4 heteroatoms. The number of rotatable bonds is 0. The lowest BCUT2D eigenvalue weighted by molar-refractivity contribution is 0.0722. The van der Waals surface area contributed by atoms with Crippen molar-refractivity contribution < 1.29 is 9.90 Å². The molecule has 1 fully saturated rings. The molecule has 1 atom stereocenters. The quantitative estimate of drug-likeness (QED) is 0.736. The van der Waals surface area contributed by atoms with E-state index < -0.39 is 6.09 Å². The molecule has 1 amide bonds. The van der Waals surface area contributed by atoms with Gasteiger partial charge in [0.15, 0.2) is 0 Å². The Morgan fingerprint density at radius 2 is 2.20 bits per heavy atom. The zero-order valence-electron chi connectivity index (χ0n) is 9.46. The third kappa shape index (κ3) is 2.97. The first-order valence-electron chi connectivity index (χ1n) is 5.14. The van der Waals surface area contributed by atoms with Crippen LogP contribution >= 0.6 is 15.9 Å². The van der Waals surface area contributed by atoms with Crippen LogP contribution in [0.2, 0.25) is 0 Å². The van der Waals surface area contributed by atoms with E-state index >= 15 is 0 Å². The number of carboxylic acid groups (broad SMARTS) is 1. The minimum atomic E-state index is -0.802. The van der Waals surface area contributed by atoms with E-state index in [-0.39, 0.29) is 11.5 Å². The van der Waals surface area contributed by atoms with E-state index in [1.54, 1.807) is 4.90 Å². The second-order valence-electron chi connectivity index (χ2n) is 5.08. The van der Waals surface area contributed by atoms with E-state index in [0.29, 0.717) is 6.54 Å². The SMILES string of the molecule is CC(C)(C)C1CC(=CBr)CCN1C(=O)O. The second kappa shape index (κ2) is 4.56. The third-order valence-electron chi connectivity index (χ3n) is 2.91. The molecule has 1 aliphatic heterocycles. The van der Waals surface area contributed by atoms with Crippen molar-refractivity contribution in [2.75, 3.05) is 6.54 Å². The van der Waals surface area contributed by atoms with Crippen LogP contribution in [0.1, 0.15) is 33.6 Å². The molecule has 1 N–H and O–H groups in total. The molecule has 0 aliphatic carbocycles. The summed E-state index contributed by atoms with van der Waals surface area (Å²) in [5.74, 6) is 0. The van der Waals surface area contributed by atoms with E-state index in [9.17, 15) is 4.79 Å². The number of piperidine rings is 1. The Morgan fingerprint density at radius 1 is 1.60 bits per heavy atom. The van der Waals surface area contributed by atoms with E-state index in [2.05, 4.69) is 36.7 Å². The van der Waals surface area contributed by atoms with Crippen molar-refractivity contribution in [2.24, 2.45) is 5.41 Å². The molecule has 1 saturated heterocycles. The number of amides is 1. The van der Waals surface area contributed by atoms with Crippen LogP contribution in [0.4, 0.5) is 4.79 Å². The van der Waals surface area contributed by atoms with Gasteiger partial charge in [0.05, 0.1) is 0 Å². The summed E-state index contributed by atoms with van der Waals surface area (Å²) in [6.07, 6.45) is 0.870. The molecule has 0 aromatic carbocycles. The molecular weight excluding hydrogens is 258 g/mol. The van der Waals surface area contributed by atoms with Gasteiger partial charge in [0, 0.05) is 12.6 Å². The van der Waals surface area contributed by atoms with Crippen LogP contribution in [0.15, 0.2) is 10.6 Å². The second-order valence-corrected chi connectivity index (χ2v) is 5.54. The van der Waals surface area contributed by atoms with Gasteiger partial charge in [-0.25, -0.2) is 4.79 Å². The van der Waals surface area contributed by atoms with Gasteiger partial charge < -0.3 is 10.0 Å². The largest absolute Gasteiger partial charge is 0.465 e. The van der Waals surface area contributed by atoms with Crippen LogP contribution in [0.5, 0.6) is 0 Å². The summed E-state index contributed by atoms with van der Waals surface area (Å²) >= 11 is 3.33. The standard InChI is InChI=1S/C11H18BrNO2/c1-11(2,3)9-6-8(7-12)4-5-13(9)10(14)15/h7,9H,4-6H2,1-3H3,(H,14,15). The molecule has 1 rings (SSSR count). The molecule has 0 aromatic heterocycles. The lowest BCUT2D eigenvalue weighted by Crippen LogP contribution is -2.50. The van der Waals surface area contributed by atoms with E-state index in [1.165, 1.54) is 5.57 Å². The zero-order valence-corrected chi connectivity index (χ0v) is 11.0. The van der Waals surface area contributed by atoms with Gasteiger partial charge in [-0.1, -0.05) is 42.3 Å². The number of hydrogen-bond acceptors (Lipinski definition) is 1. The Bertz CT molecular complexity index is 281. The van der Waals surface area contributed by atoms with Crippen LogP contribution in [-0.4, -0.2) is 28.7 Å². The van der Waals surface area contributed by atoms with Gasteiger partial charge in [0.1, 0.15) is 0 Å². The van der Waals surface area contributed by atoms with Crippen molar-refractivity contribution >= 4 is 22.0 Å². The van der Waals surface area contributed by atoms with Gasteiger partial charge in [-0.15, -0.1) is 0 Å². The summed E-state index contributed by atoms with van der Waals surface area (Å²) in [6, 6.07) is 0.0764. The maximum Gasteiger partial charge on any atom is 0.407 e. The van der Waals surface area contributed by atoms with Crippen molar-refractivity contribution in [3.63, 3.8) is 0 Å². The van der Waals surface area contributed by atoms with E-state index in [0.717, 1.165) is 12.8 Å². The smallest absolute Gasteiger partial charge is 0.407 e. The summed E-state index contributed by atoms with van der Waals surface area (Å²) in [6.45, 7) is 6.87. The summed E-state index contributed by atoms with van der Waals surface area (Å²) in [5, 5.41) is 9.13. The predicted molar refractivity (Wildman–Crippen MR) is 64.2 cm³/mol. The number of halogens is 1. The Balaban J connectivity index is 2.88. The van der Waals surface area contributed by atoms with Gasteiger partial charge in [-0.3, -0.25) is 0 Å². The topological polar surface area (TPSA) is 40.5 Å². The Labute approximate surface area is 99.3 Å². The molecule has 15 heavy (non-hydrogen) atoms. The fraction of sp³-hybridized carbons (Fsp3) is 0.727. The average molecular weight is 276 g/mol. The highest BCUT2D eigenvalue weighted by Crippen LogP contribution is 2.34. The van der Waals surface area contributed by atoms with Crippen molar-refractivity contribution in [3.05, 3.63) is 10.6 Å². The third-order valence-corrected chi connectivity index (χ3v) is 3.55. The van der Waals surface area contributed by atoms with Crippen molar-refractivity contribution in [3.8, 4) is 0 Å². The van der Waals surface area contributed by atoms with Crippen LogP contribution in [0, 0.1) is 5.41 Å². The summed E-state index contributed by atoms with van der Waals surface area (Å²) in [4.78, 5) is 14.6. The van der Waals surface area contributed by atoms with Crippen molar-refractivity contribution in [1.82, 2.24) is 4.90 Å². The van der Waals surface area contributed by atoms with Crippen LogP contribution in [-0.2, 0) is 0 Å². The van der Waals surface area contributed by atoms with Crippen LogP contribution in [0.3, 0.4) is 0 Å². The predicted octanol–water partition coefficient (Wildman–Crippen LogP) is 3.45. The first-order chi connectivity index (χ1) is 6.86. The highest BCUT2D eigenvalue weighted by molar-refractivity contribution is 9.11. The van der Waals surface area contributed by atoms with Gasteiger partial charge >= 0.3 is 6.09 Å². The Hall–Kier alpha value is -0.510. The Morgan fingerprint density at radius 3 is 2.60 bits per heavy atom. The molecule has 0 bridgehead atoms. The average Bonchev–Trinajstić information content (AvgIpc) is 2.15. The van der Waals surface area contributed by atoms with Crippen LogP contribution in [0.25, 0.3) is 0 Å². The molecule has 1 unspecified atom stereocenters. The molecule has 86 valence electrons. The van der Waals surface area contributed by atoms with E-state index in [1.807, 2.05) is 4.99 Å². The van der Waals surface area contributed by atoms with Gasteiger partial charge in [-0.2, -0.15) is 0 Å². The minimum Gasteiger partial charge on any atom is -0.465 e. The molecule has 1 heterocycles. The van der Waals surface area contributed by atoms with Gasteiger partial charge in [0.25, 0.3) is 0 Å². The number of nitrogens with zero attached hydrogens (tertiary/aromatic N) is 1. The molecule has 0 aromatic rings. The van der Waals surface area contributed by atoms with E-state index in [4.69, 9.17) is 5.11 Å². The maximum absolute atomic E-state index is 11.1. The molecule has 0 saturated carbocycles. The highest BCUT2D eigenvalue weighted by Gasteiger charge is 2.36. The summed E-state index contributed by atoms with van der Waals surface area (Å²) < 4.78 is 0. The highest BCUT2D eigenvalue weighted by atomic mass is 79.9.